The van der Waals surface area contributed by atoms with Crippen LogP contribution in [0.3, 0.4) is 0 Å². The number of aliphatic hydroxyl groups is 1. The molecule has 2 rings (SSSR count). The van der Waals surface area contributed by atoms with Crippen molar-refractivity contribution < 1.29 is 5.11 Å². The molecule has 0 aromatic carbocycles. The highest BCUT2D eigenvalue weighted by molar-refractivity contribution is 5.52. The summed E-state index contributed by atoms with van der Waals surface area (Å²) in [6.07, 6.45) is 3.94. The first kappa shape index (κ1) is 11.9. The Kier molecular flexibility index (Phi) is 3.34. The Bertz CT molecular complexity index is 446. The molecular weight excluding hydrogens is 216 g/mol. The third-order valence-corrected chi connectivity index (χ3v) is 3.38. The molecule has 2 atom stereocenters. The lowest BCUT2D eigenvalue weighted by molar-refractivity contribution is 0.131. The summed E-state index contributed by atoms with van der Waals surface area (Å²) in [6, 6.07) is 2.06. The Hall–Kier alpha value is -1.54. The molecule has 5 nitrogen and oxygen atoms in total. The molecule has 0 aliphatic heterocycles. The number of nitrogen functional groups attached to an aromatic ring is 1. The molecule has 1 aromatic heterocycles. The van der Waals surface area contributed by atoms with E-state index in [0.717, 1.165) is 37.8 Å². The maximum atomic E-state index is 9.87. The van der Waals surface area contributed by atoms with Crippen molar-refractivity contribution in [3.05, 3.63) is 11.3 Å². The summed E-state index contributed by atoms with van der Waals surface area (Å²) < 4.78 is 1.65. The summed E-state index contributed by atoms with van der Waals surface area (Å²) >= 11 is 0. The van der Waals surface area contributed by atoms with Crippen molar-refractivity contribution in [2.75, 3.05) is 5.73 Å². The smallest absolute Gasteiger partial charge is 0.140 e. The Morgan fingerprint density at radius 2 is 2.35 bits per heavy atom. The van der Waals surface area contributed by atoms with E-state index in [0.29, 0.717) is 11.4 Å². The van der Waals surface area contributed by atoms with Crippen LogP contribution in [0.1, 0.15) is 49.9 Å². The Balaban J connectivity index is 2.38. The molecule has 3 N–H and O–H groups in total. The van der Waals surface area contributed by atoms with Crippen LogP contribution in [0.25, 0.3) is 0 Å². The van der Waals surface area contributed by atoms with E-state index in [1.807, 2.05) is 6.92 Å². The normalized spacial score (nSPS) is 23.8. The van der Waals surface area contributed by atoms with Crippen LogP contribution < -0.4 is 5.73 Å². The molecule has 0 bridgehead atoms. The number of rotatable bonds is 3. The molecule has 0 saturated heterocycles. The van der Waals surface area contributed by atoms with Gasteiger partial charge < -0.3 is 10.8 Å². The second-order valence-corrected chi connectivity index (χ2v) is 4.58. The van der Waals surface area contributed by atoms with Gasteiger partial charge in [0.2, 0.25) is 0 Å². The zero-order chi connectivity index (χ0) is 12.4. The third kappa shape index (κ3) is 2.01. The first-order chi connectivity index (χ1) is 8.19. The summed E-state index contributed by atoms with van der Waals surface area (Å²) in [7, 11) is 0. The van der Waals surface area contributed by atoms with Crippen LogP contribution in [0.4, 0.5) is 5.82 Å². The minimum Gasteiger partial charge on any atom is -0.391 e. The van der Waals surface area contributed by atoms with Gasteiger partial charge in [0.1, 0.15) is 17.5 Å². The van der Waals surface area contributed by atoms with Gasteiger partial charge in [-0.1, -0.05) is 13.3 Å². The second-order valence-electron chi connectivity index (χ2n) is 4.58. The molecule has 1 aromatic rings. The van der Waals surface area contributed by atoms with Crippen LogP contribution in [0.2, 0.25) is 0 Å². The minimum atomic E-state index is -0.391. The van der Waals surface area contributed by atoms with Gasteiger partial charge in [-0.3, -0.25) is 0 Å². The zero-order valence-electron chi connectivity index (χ0n) is 10.1. The van der Waals surface area contributed by atoms with E-state index >= 15 is 0 Å². The summed E-state index contributed by atoms with van der Waals surface area (Å²) in [5, 5.41) is 23.4. The van der Waals surface area contributed by atoms with Gasteiger partial charge >= 0.3 is 0 Å². The quantitative estimate of drug-likeness (QED) is 0.826. The number of nitrogens with two attached hydrogens (primary N) is 1. The van der Waals surface area contributed by atoms with Crippen LogP contribution >= 0.6 is 0 Å². The van der Waals surface area contributed by atoms with Crippen molar-refractivity contribution >= 4 is 5.82 Å². The molecule has 1 saturated carbocycles. The molecule has 1 heterocycles. The van der Waals surface area contributed by atoms with Crippen molar-refractivity contribution in [1.82, 2.24) is 9.78 Å². The summed E-state index contributed by atoms with van der Waals surface area (Å²) in [6.45, 7) is 2.04. The number of nitrogens with zero attached hydrogens (tertiary/aromatic N) is 3. The van der Waals surface area contributed by atoms with Gasteiger partial charge in [-0.05, 0) is 25.7 Å². The van der Waals surface area contributed by atoms with E-state index in [9.17, 15) is 5.11 Å². The largest absolute Gasteiger partial charge is 0.391 e. The number of hydrogen-bond donors (Lipinski definition) is 2. The number of hydrogen-bond acceptors (Lipinski definition) is 4. The van der Waals surface area contributed by atoms with E-state index in [1.165, 1.54) is 0 Å². The first-order valence-electron chi connectivity index (χ1n) is 6.14. The number of aromatic nitrogens is 2. The summed E-state index contributed by atoms with van der Waals surface area (Å²) in [5.41, 5.74) is 7.19. The SMILES string of the molecule is CCCc1nn(C2CCCC2O)c(N)c1C#N. The first-order valence-corrected chi connectivity index (χ1v) is 6.14. The maximum Gasteiger partial charge on any atom is 0.140 e. The molecule has 92 valence electrons. The van der Waals surface area contributed by atoms with Crippen LogP contribution in [0, 0.1) is 11.3 Å². The topological polar surface area (TPSA) is 87.9 Å². The molecule has 0 radical (unpaired) electrons. The van der Waals surface area contributed by atoms with Crippen LogP contribution in [-0.2, 0) is 6.42 Å². The number of aryl methyl sites for hydroxylation is 1. The van der Waals surface area contributed by atoms with E-state index in [2.05, 4.69) is 11.2 Å². The molecule has 2 unspecified atom stereocenters. The standard InChI is InChI=1S/C12H18N4O/c1-2-4-9-8(7-13)12(14)16(15-9)10-5-3-6-11(10)17/h10-11,17H,2-6,14H2,1H3. The Morgan fingerprint density at radius 1 is 1.59 bits per heavy atom. The van der Waals surface area contributed by atoms with Crippen molar-refractivity contribution in [2.45, 2.75) is 51.2 Å². The van der Waals surface area contributed by atoms with Gasteiger partial charge in [0, 0.05) is 0 Å². The lowest BCUT2D eigenvalue weighted by Crippen LogP contribution is -2.21. The van der Waals surface area contributed by atoms with E-state index < -0.39 is 6.10 Å². The monoisotopic (exact) mass is 234 g/mol. The minimum absolute atomic E-state index is 0.0623. The zero-order valence-corrected chi connectivity index (χ0v) is 10.1. The molecule has 1 fully saturated rings. The van der Waals surface area contributed by atoms with E-state index in [1.54, 1.807) is 4.68 Å². The van der Waals surface area contributed by atoms with Gasteiger partial charge in [-0.15, -0.1) is 0 Å². The van der Waals surface area contributed by atoms with Gasteiger partial charge in [0.25, 0.3) is 0 Å². The van der Waals surface area contributed by atoms with Gasteiger partial charge in [0.05, 0.1) is 17.8 Å². The average Bonchev–Trinajstić information content (AvgIpc) is 2.84. The van der Waals surface area contributed by atoms with Gasteiger partial charge in [0.15, 0.2) is 0 Å². The molecule has 5 heteroatoms. The molecule has 0 spiro atoms. The molecule has 17 heavy (non-hydrogen) atoms. The average molecular weight is 234 g/mol. The fourth-order valence-electron chi connectivity index (χ4n) is 2.49. The van der Waals surface area contributed by atoms with Gasteiger partial charge in [-0.2, -0.15) is 10.4 Å². The van der Waals surface area contributed by atoms with Gasteiger partial charge in [-0.25, -0.2) is 4.68 Å². The van der Waals surface area contributed by atoms with Crippen LogP contribution in [-0.4, -0.2) is 21.0 Å². The Morgan fingerprint density at radius 3 is 2.88 bits per heavy atom. The number of aliphatic hydroxyl groups excluding tert-OH is 1. The number of anilines is 1. The lowest BCUT2D eigenvalue weighted by atomic mass is 10.1. The van der Waals surface area contributed by atoms with Crippen LogP contribution in [0.15, 0.2) is 0 Å². The highest BCUT2D eigenvalue weighted by Crippen LogP contribution is 2.33. The Labute approximate surface area is 101 Å². The number of nitriles is 1. The van der Waals surface area contributed by atoms with E-state index in [-0.39, 0.29) is 6.04 Å². The maximum absolute atomic E-state index is 9.87. The van der Waals surface area contributed by atoms with E-state index in [4.69, 9.17) is 11.0 Å². The molecule has 0 amide bonds. The van der Waals surface area contributed by atoms with Crippen molar-refractivity contribution in [2.24, 2.45) is 0 Å². The third-order valence-electron chi connectivity index (χ3n) is 3.38. The predicted octanol–water partition coefficient (Wildman–Crippen LogP) is 1.38. The fraction of sp³-hybridized carbons (Fsp3) is 0.667. The summed E-state index contributed by atoms with van der Waals surface area (Å²) in [5.74, 6) is 0.405. The summed E-state index contributed by atoms with van der Waals surface area (Å²) in [4.78, 5) is 0. The van der Waals surface area contributed by atoms with Crippen molar-refractivity contribution in [1.29, 1.82) is 5.26 Å². The second kappa shape index (κ2) is 4.76. The highest BCUT2D eigenvalue weighted by atomic mass is 16.3. The molecule has 1 aliphatic rings. The molecule has 1 aliphatic carbocycles. The van der Waals surface area contributed by atoms with Crippen molar-refractivity contribution in [3.8, 4) is 6.07 Å². The van der Waals surface area contributed by atoms with Crippen LogP contribution in [0.5, 0.6) is 0 Å². The predicted molar refractivity (Wildman–Crippen MR) is 64.2 cm³/mol. The highest BCUT2D eigenvalue weighted by Gasteiger charge is 2.30. The fourth-order valence-corrected chi connectivity index (χ4v) is 2.49. The lowest BCUT2D eigenvalue weighted by Gasteiger charge is -2.16. The molecular formula is C12H18N4O. The van der Waals surface area contributed by atoms with Crippen molar-refractivity contribution in [3.63, 3.8) is 0 Å².